The predicted molar refractivity (Wildman–Crippen MR) is 72.3 cm³/mol. The minimum atomic E-state index is -1.09. The topological polar surface area (TPSA) is 66.8 Å². The van der Waals surface area contributed by atoms with Crippen LogP contribution in [0.5, 0.6) is 0 Å². The highest BCUT2D eigenvalue weighted by molar-refractivity contribution is 5.95. The predicted octanol–water partition coefficient (Wildman–Crippen LogP) is 2.90. The summed E-state index contributed by atoms with van der Waals surface area (Å²) in [6.45, 7) is 6.65. The first-order valence-corrected chi connectivity index (χ1v) is 6.02. The first kappa shape index (κ1) is 15.0. The van der Waals surface area contributed by atoms with Gasteiger partial charge in [0.15, 0.2) is 0 Å². The van der Waals surface area contributed by atoms with Gasteiger partial charge in [0.2, 0.25) is 0 Å². The van der Waals surface area contributed by atoms with Gasteiger partial charge < -0.3 is 9.84 Å². The molecule has 104 valence electrons. The van der Waals surface area contributed by atoms with Gasteiger partial charge in [-0.05, 0) is 39.8 Å². The van der Waals surface area contributed by atoms with Crippen molar-refractivity contribution in [1.29, 1.82) is 0 Å². The third-order valence-corrected chi connectivity index (χ3v) is 2.37. The van der Waals surface area contributed by atoms with Crippen LogP contribution in [0.15, 0.2) is 30.3 Å². The second-order valence-electron chi connectivity index (χ2n) is 5.20. The van der Waals surface area contributed by atoms with Gasteiger partial charge in [0.05, 0.1) is 0 Å². The van der Waals surface area contributed by atoms with E-state index in [0.29, 0.717) is 5.69 Å². The largest absolute Gasteiger partial charge is 0.480 e. The van der Waals surface area contributed by atoms with Crippen molar-refractivity contribution < 1.29 is 19.4 Å². The van der Waals surface area contributed by atoms with Gasteiger partial charge in [-0.25, -0.2) is 9.59 Å². The Bertz CT molecular complexity index is 450. The van der Waals surface area contributed by atoms with E-state index in [0.717, 1.165) is 4.90 Å². The van der Waals surface area contributed by atoms with Crippen molar-refractivity contribution in [3.63, 3.8) is 0 Å². The second-order valence-corrected chi connectivity index (χ2v) is 5.20. The molecule has 1 aromatic rings. The maximum atomic E-state index is 12.1. The summed E-state index contributed by atoms with van der Waals surface area (Å²) >= 11 is 0. The zero-order valence-corrected chi connectivity index (χ0v) is 11.6. The molecule has 1 N–H and O–H groups in total. The van der Waals surface area contributed by atoms with Crippen LogP contribution in [-0.2, 0) is 9.53 Å². The molecule has 0 aromatic heterocycles. The summed E-state index contributed by atoms with van der Waals surface area (Å²) in [5.41, 5.74) is -0.186. The van der Waals surface area contributed by atoms with Gasteiger partial charge in [-0.2, -0.15) is 0 Å². The van der Waals surface area contributed by atoms with Crippen molar-refractivity contribution in [3.05, 3.63) is 30.3 Å². The lowest BCUT2D eigenvalue weighted by atomic mass is 10.2. The number of carbonyl (C=O) groups excluding carboxylic acids is 1. The number of hydrogen-bond donors (Lipinski definition) is 1. The first-order chi connectivity index (χ1) is 8.72. The highest BCUT2D eigenvalue weighted by Gasteiger charge is 2.30. The van der Waals surface area contributed by atoms with Crippen molar-refractivity contribution in [3.8, 4) is 0 Å². The standard InChI is InChI=1S/C14H19NO4/c1-10(12(16)17)15(11-8-6-5-7-9-11)13(18)19-14(2,3)4/h5-10H,1-4H3,(H,16,17)/t10-/m1/s1. The number of amides is 1. The molecular weight excluding hydrogens is 246 g/mol. The molecule has 0 heterocycles. The molecule has 1 rings (SSSR count). The number of anilines is 1. The van der Waals surface area contributed by atoms with Crippen molar-refractivity contribution >= 4 is 17.7 Å². The van der Waals surface area contributed by atoms with Crippen molar-refractivity contribution in [2.24, 2.45) is 0 Å². The van der Waals surface area contributed by atoms with Crippen molar-refractivity contribution in [1.82, 2.24) is 0 Å². The molecule has 5 nitrogen and oxygen atoms in total. The molecule has 1 amide bonds. The van der Waals surface area contributed by atoms with Gasteiger partial charge in [-0.1, -0.05) is 18.2 Å². The Kier molecular flexibility index (Phi) is 4.53. The number of nitrogens with zero attached hydrogens (tertiary/aromatic N) is 1. The van der Waals surface area contributed by atoms with E-state index >= 15 is 0 Å². The van der Waals surface area contributed by atoms with Gasteiger partial charge in [-0.3, -0.25) is 4.90 Å². The number of benzene rings is 1. The highest BCUT2D eigenvalue weighted by Crippen LogP contribution is 2.20. The second kappa shape index (κ2) is 5.73. The van der Waals surface area contributed by atoms with Crippen LogP contribution in [0.25, 0.3) is 0 Å². The van der Waals surface area contributed by atoms with E-state index in [-0.39, 0.29) is 0 Å². The number of ether oxygens (including phenoxy) is 1. The molecule has 0 radical (unpaired) electrons. The van der Waals surface area contributed by atoms with Crippen LogP contribution in [0.2, 0.25) is 0 Å². The molecule has 0 saturated heterocycles. The number of aliphatic carboxylic acids is 1. The van der Waals surface area contributed by atoms with Crippen LogP contribution >= 0.6 is 0 Å². The number of hydrogen-bond acceptors (Lipinski definition) is 3. The van der Waals surface area contributed by atoms with Crippen LogP contribution in [0.4, 0.5) is 10.5 Å². The molecule has 0 saturated carbocycles. The van der Waals surface area contributed by atoms with Gasteiger partial charge >= 0.3 is 12.1 Å². The molecule has 5 heteroatoms. The van der Waals surface area contributed by atoms with E-state index in [1.54, 1.807) is 51.1 Å². The summed E-state index contributed by atoms with van der Waals surface area (Å²) in [6.07, 6.45) is -0.673. The Morgan fingerprint density at radius 1 is 1.21 bits per heavy atom. The quantitative estimate of drug-likeness (QED) is 0.912. The van der Waals surface area contributed by atoms with Crippen LogP contribution in [0.1, 0.15) is 27.7 Å². The third kappa shape index (κ3) is 4.28. The van der Waals surface area contributed by atoms with E-state index in [2.05, 4.69) is 0 Å². The zero-order chi connectivity index (χ0) is 14.6. The molecule has 19 heavy (non-hydrogen) atoms. The molecule has 0 aliphatic carbocycles. The Morgan fingerprint density at radius 2 is 1.74 bits per heavy atom. The molecule has 0 unspecified atom stereocenters. The molecule has 1 atom stereocenters. The summed E-state index contributed by atoms with van der Waals surface area (Å²) < 4.78 is 5.25. The Morgan fingerprint density at radius 3 is 2.16 bits per heavy atom. The van der Waals surface area contributed by atoms with Crippen LogP contribution < -0.4 is 4.90 Å². The highest BCUT2D eigenvalue weighted by atomic mass is 16.6. The van der Waals surface area contributed by atoms with Gasteiger partial charge in [0.25, 0.3) is 0 Å². The number of carbonyl (C=O) groups is 2. The maximum absolute atomic E-state index is 12.1. The molecular formula is C14H19NO4. The van der Waals surface area contributed by atoms with E-state index in [4.69, 9.17) is 9.84 Å². The number of para-hydroxylation sites is 1. The third-order valence-electron chi connectivity index (χ3n) is 2.37. The molecule has 0 bridgehead atoms. The van der Waals surface area contributed by atoms with Crippen LogP contribution in [0.3, 0.4) is 0 Å². The van der Waals surface area contributed by atoms with Gasteiger partial charge in [0.1, 0.15) is 11.6 Å². The average molecular weight is 265 g/mol. The normalized spacial score (nSPS) is 12.6. The fraction of sp³-hybridized carbons (Fsp3) is 0.429. The number of carboxylic acids is 1. The van der Waals surface area contributed by atoms with Crippen LogP contribution in [-0.4, -0.2) is 28.8 Å². The molecule has 0 aliphatic rings. The van der Waals surface area contributed by atoms with Crippen LogP contribution in [0, 0.1) is 0 Å². The molecule has 0 fully saturated rings. The molecule has 0 spiro atoms. The summed E-state index contributed by atoms with van der Waals surface area (Å²) in [7, 11) is 0. The minimum Gasteiger partial charge on any atom is -0.480 e. The lowest BCUT2D eigenvalue weighted by Gasteiger charge is -2.29. The zero-order valence-electron chi connectivity index (χ0n) is 11.6. The summed E-state index contributed by atoms with van der Waals surface area (Å²) in [4.78, 5) is 24.4. The van der Waals surface area contributed by atoms with E-state index in [1.165, 1.54) is 6.92 Å². The lowest BCUT2D eigenvalue weighted by Crippen LogP contribution is -2.46. The Labute approximate surface area is 112 Å². The molecule has 1 aromatic carbocycles. The van der Waals surface area contributed by atoms with E-state index in [9.17, 15) is 9.59 Å². The first-order valence-electron chi connectivity index (χ1n) is 6.02. The smallest absolute Gasteiger partial charge is 0.415 e. The number of carboxylic acid groups (broad SMARTS) is 1. The SMILES string of the molecule is C[C@H](C(=O)O)N(C(=O)OC(C)(C)C)c1ccccc1. The lowest BCUT2D eigenvalue weighted by molar-refractivity contribution is -0.138. The Balaban J connectivity index is 3.07. The minimum absolute atomic E-state index is 0.492. The summed E-state index contributed by atoms with van der Waals surface area (Å²) in [5.74, 6) is -1.09. The van der Waals surface area contributed by atoms with Crippen molar-refractivity contribution in [2.45, 2.75) is 39.3 Å². The fourth-order valence-corrected chi connectivity index (χ4v) is 1.50. The van der Waals surface area contributed by atoms with E-state index < -0.39 is 23.7 Å². The van der Waals surface area contributed by atoms with Crippen molar-refractivity contribution in [2.75, 3.05) is 4.90 Å². The fourth-order valence-electron chi connectivity index (χ4n) is 1.50. The average Bonchev–Trinajstić information content (AvgIpc) is 2.28. The Hall–Kier alpha value is -2.04. The van der Waals surface area contributed by atoms with Gasteiger partial charge in [0, 0.05) is 5.69 Å². The monoisotopic (exact) mass is 265 g/mol. The number of rotatable bonds is 3. The van der Waals surface area contributed by atoms with Gasteiger partial charge in [-0.15, -0.1) is 0 Å². The summed E-state index contributed by atoms with van der Waals surface area (Å²) in [5, 5.41) is 9.11. The molecule has 0 aliphatic heterocycles. The summed E-state index contributed by atoms with van der Waals surface area (Å²) in [6, 6.07) is 7.61. The maximum Gasteiger partial charge on any atom is 0.415 e. The van der Waals surface area contributed by atoms with E-state index in [1.807, 2.05) is 0 Å².